The van der Waals surface area contributed by atoms with E-state index in [-0.39, 0.29) is 0 Å². The molecule has 1 aliphatic rings. The zero-order valence-corrected chi connectivity index (χ0v) is 26.3. The largest absolute Gasteiger partial charge is 0.454 e. The van der Waals surface area contributed by atoms with Crippen molar-refractivity contribution in [3.05, 3.63) is 188 Å². The Morgan fingerprint density at radius 3 is 1.40 bits per heavy atom. The van der Waals surface area contributed by atoms with Gasteiger partial charge in [0.05, 0.1) is 5.69 Å². The number of nitrogens with zero attached hydrogens (tertiary/aromatic N) is 1. The Balaban J connectivity index is 1.21. The van der Waals surface area contributed by atoms with Gasteiger partial charge in [-0.3, -0.25) is 0 Å². The second kappa shape index (κ2) is 11.8. The molecule has 0 atom stereocenters. The highest BCUT2D eigenvalue weighted by Gasteiger charge is 2.27. The van der Waals surface area contributed by atoms with Crippen LogP contribution in [0.1, 0.15) is 0 Å². The normalized spacial score (nSPS) is 11.5. The van der Waals surface area contributed by atoms with E-state index in [0.717, 1.165) is 45.1 Å². The van der Waals surface area contributed by atoms with Crippen LogP contribution >= 0.6 is 0 Å². The number of anilines is 3. The van der Waals surface area contributed by atoms with Crippen LogP contribution in [-0.4, -0.2) is 0 Å². The minimum atomic E-state index is 0.849. The van der Waals surface area contributed by atoms with Gasteiger partial charge < -0.3 is 9.64 Å². The third kappa shape index (κ3) is 4.92. The lowest BCUT2D eigenvalue weighted by molar-refractivity contribution is 0.488. The first-order chi connectivity index (χ1) is 23.8. The molecule has 0 unspecified atom stereocenters. The van der Waals surface area contributed by atoms with Crippen molar-refractivity contribution in [2.75, 3.05) is 4.90 Å². The van der Waals surface area contributed by atoms with Gasteiger partial charge in [-0.05, 0) is 86.8 Å². The van der Waals surface area contributed by atoms with Crippen molar-refractivity contribution in [3.63, 3.8) is 0 Å². The molecule has 9 rings (SSSR count). The van der Waals surface area contributed by atoms with Crippen LogP contribution in [0.3, 0.4) is 0 Å². The van der Waals surface area contributed by atoms with Gasteiger partial charge in [0.25, 0.3) is 0 Å². The molecule has 2 nitrogen and oxygen atoms in total. The van der Waals surface area contributed by atoms with E-state index in [1.54, 1.807) is 0 Å². The Bertz CT molecular complexity index is 2300. The third-order valence-electron chi connectivity index (χ3n) is 9.25. The molecule has 0 saturated heterocycles. The molecule has 8 aromatic carbocycles. The van der Waals surface area contributed by atoms with Gasteiger partial charge in [-0.1, -0.05) is 146 Å². The number of hydrogen-bond acceptors (Lipinski definition) is 2. The van der Waals surface area contributed by atoms with Crippen molar-refractivity contribution in [3.8, 4) is 56.0 Å². The van der Waals surface area contributed by atoms with Crippen molar-refractivity contribution in [1.82, 2.24) is 0 Å². The van der Waals surface area contributed by atoms with Crippen LogP contribution in [0, 0.1) is 0 Å². The molecule has 48 heavy (non-hydrogen) atoms. The fraction of sp³-hybridized carbons (Fsp3) is 0. The number of benzene rings is 8. The smallest absolute Gasteiger partial charge is 0.159 e. The monoisotopic (exact) mass is 613 g/mol. The van der Waals surface area contributed by atoms with Gasteiger partial charge in [-0.2, -0.15) is 0 Å². The number of hydrogen-bond donors (Lipinski definition) is 0. The third-order valence-corrected chi connectivity index (χ3v) is 9.25. The number of fused-ring (bicyclic) bond motifs is 2. The minimum absolute atomic E-state index is 0.849. The summed E-state index contributed by atoms with van der Waals surface area (Å²) in [6.07, 6.45) is 0. The first kappa shape index (κ1) is 27.9. The summed E-state index contributed by atoms with van der Waals surface area (Å²) in [5, 5.41) is 2.32. The van der Waals surface area contributed by atoms with Crippen LogP contribution in [0.15, 0.2) is 188 Å². The minimum Gasteiger partial charge on any atom is -0.454 e. The zero-order chi connectivity index (χ0) is 31.9. The number of para-hydroxylation sites is 1. The van der Waals surface area contributed by atoms with E-state index in [0.29, 0.717) is 0 Å². The van der Waals surface area contributed by atoms with Gasteiger partial charge >= 0.3 is 0 Å². The predicted octanol–water partition coefficient (Wildman–Crippen LogP) is 13.1. The number of ether oxygens (including phenoxy) is 1. The topological polar surface area (TPSA) is 12.5 Å². The van der Waals surface area contributed by atoms with Gasteiger partial charge in [0.2, 0.25) is 0 Å². The van der Waals surface area contributed by atoms with Crippen molar-refractivity contribution in [1.29, 1.82) is 0 Å². The van der Waals surface area contributed by atoms with E-state index in [1.807, 2.05) is 0 Å². The van der Waals surface area contributed by atoms with Crippen LogP contribution < -0.4 is 9.64 Å². The molecule has 0 aliphatic carbocycles. The van der Waals surface area contributed by atoms with Crippen LogP contribution in [0.25, 0.3) is 55.3 Å². The fourth-order valence-corrected chi connectivity index (χ4v) is 6.91. The average molecular weight is 614 g/mol. The number of rotatable bonds is 6. The summed E-state index contributed by atoms with van der Waals surface area (Å²) in [6.45, 7) is 0. The van der Waals surface area contributed by atoms with Gasteiger partial charge in [0, 0.05) is 22.3 Å². The lowest BCUT2D eigenvalue weighted by atomic mass is 9.91. The van der Waals surface area contributed by atoms with Crippen LogP contribution in [0.4, 0.5) is 17.1 Å². The van der Waals surface area contributed by atoms with Gasteiger partial charge in [0.15, 0.2) is 5.75 Å². The molecule has 8 aromatic rings. The van der Waals surface area contributed by atoms with E-state index < -0.39 is 0 Å². The van der Waals surface area contributed by atoms with E-state index in [2.05, 4.69) is 193 Å². The zero-order valence-electron chi connectivity index (χ0n) is 26.3. The van der Waals surface area contributed by atoms with E-state index >= 15 is 0 Å². The van der Waals surface area contributed by atoms with Crippen molar-refractivity contribution in [2.45, 2.75) is 0 Å². The second-order valence-electron chi connectivity index (χ2n) is 12.2. The predicted molar refractivity (Wildman–Crippen MR) is 200 cm³/mol. The van der Waals surface area contributed by atoms with Gasteiger partial charge in [-0.25, -0.2) is 0 Å². The molecule has 0 amide bonds. The lowest BCUT2D eigenvalue weighted by Crippen LogP contribution is -2.12. The molecule has 1 aliphatic heterocycles. The molecule has 0 aromatic heterocycles. The molecular formula is C46H31NO. The maximum atomic E-state index is 7.01. The molecule has 0 fully saturated rings. The molecular weight excluding hydrogens is 583 g/mol. The molecule has 0 spiro atoms. The van der Waals surface area contributed by atoms with Crippen molar-refractivity contribution >= 4 is 27.8 Å². The van der Waals surface area contributed by atoms with Crippen LogP contribution in [0.2, 0.25) is 0 Å². The molecule has 2 heteroatoms. The fourth-order valence-electron chi connectivity index (χ4n) is 6.91. The molecule has 0 N–H and O–H groups in total. The van der Waals surface area contributed by atoms with Crippen molar-refractivity contribution < 1.29 is 4.74 Å². The summed E-state index contributed by atoms with van der Waals surface area (Å²) in [4.78, 5) is 2.31. The average Bonchev–Trinajstić information content (AvgIpc) is 3.17. The lowest BCUT2D eigenvalue weighted by Gasteiger charge is -2.31. The van der Waals surface area contributed by atoms with Gasteiger partial charge in [0.1, 0.15) is 5.75 Å². The van der Waals surface area contributed by atoms with Crippen molar-refractivity contribution in [2.24, 2.45) is 0 Å². The first-order valence-electron chi connectivity index (χ1n) is 16.3. The van der Waals surface area contributed by atoms with E-state index in [4.69, 9.17) is 4.74 Å². The Morgan fingerprint density at radius 1 is 0.354 bits per heavy atom. The SMILES string of the molecule is c1ccc(-c2ccc(N(c3ccc(-c4ccccc4)cc3)c3cccc4c3Oc3cc(-c5ccccc5)cc5cccc-4c35)cc2)cc1. The molecule has 226 valence electrons. The Morgan fingerprint density at radius 2 is 0.833 bits per heavy atom. The summed E-state index contributed by atoms with van der Waals surface area (Å²) in [5.41, 5.74) is 12.4. The van der Waals surface area contributed by atoms with Crippen LogP contribution in [0.5, 0.6) is 11.5 Å². The van der Waals surface area contributed by atoms with Gasteiger partial charge in [-0.15, -0.1) is 0 Å². The summed E-state index contributed by atoms with van der Waals surface area (Å²) in [7, 11) is 0. The maximum absolute atomic E-state index is 7.01. The van der Waals surface area contributed by atoms with E-state index in [9.17, 15) is 0 Å². The first-order valence-corrected chi connectivity index (χ1v) is 16.3. The molecule has 1 heterocycles. The molecule has 0 radical (unpaired) electrons. The Hall–Kier alpha value is -6.38. The molecule has 0 bridgehead atoms. The van der Waals surface area contributed by atoms with E-state index in [1.165, 1.54) is 38.8 Å². The Labute approximate surface area is 280 Å². The summed E-state index contributed by atoms with van der Waals surface area (Å²) in [5.74, 6) is 1.72. The quantitative estimate of drug-likeness (QED) is 0.185. The second-order valence-corrected chi connectivity index (χ2v) is 12.2. The summed E-state index contributed by atoms with van der Waals surface area (Å²) in [6, 6.07) is 66.7. The highest BCUT2D eigenvalue weighted by Crippen LogP contribution is 2.53. The summed E-state index contributed by atoms with van der Waals surface area (Å²) >= 11 is 0. The Kier molecular flexibility index (Phi) is 6.84. The maximum Gasteiger partial charge on any atom is 0.159 e. The van der Waals surface area contributed by atoms with Crippen LogP contribution in [-0.2, 0) is 0 Å². The standard InChI is InChI=1S/C46H31NO/c1-4-12-32(13-5-1)35-22-26-39(27-23-35)47(40-28-24-36(25-29-40)33-14-6-2-7-15-33)43-21-11-20-42-41-19-10-18-37-30-38(34-16-8-3-9-17-34)31-44(45(37)41)48-46(42)43/h1-31H. The highest BCUT2D eigenvalue weighted by atomic mass is 16.5. The highest BCUT2D eigenvalue weighted by molar-refractivity contribution is 6.07. The molecule has 0 saturated carbocycles. The summed E-state index contributed by atoms with van der Waals surface area (Å²) < 4.78 is 7.01.